The van der Waals surface area contributed by atoms with Crippen LogP contribution in [-0.4, -0.2) is 23.4 Å². The molecule has 0 saturated carbocycles. The summed E-state index contributed by atoms with van der Waals surface area (Å²) in [6.45, 7) is 6.50. The third-order valence-corrected chi connectivity index (χ3v) is 3.28. The fraction of sp³-hybridized carbons (Fsp3) is 0.400. The minimum absolute atomic E-state index is 0.00138. The molecule has 1 aliphatic rings. The number of nitrogens with zero attached hydrogens (tertiary/aromatic N) is 2. The Bertz CT molecular complexity index is 518. The summed E-state index contributed by atoms with van der Waals surface area (Å²) in [5.41, 5.74) is 0.00138. The third kappa shape index (κ3) is 3.15. The normalized spacial score (nSPS) is 18.5. The van der Waals surface area contributed by atoms with E-state index in [1.54, 1.807) is 6.92 Å². The predicted molar refractivity (Wildman–Crippen MR) is 76.3 cm³/mol. The number of rotatable bonds is 3. The molecule has 0 saturated heterocycles. The van der Waals surface area contributed by atoms with Gasteiger partial charge in [0.2, 0.25) is 0 Å². The van der Waals surface area contributed by atoms with Crippen LogP contribution >= 0.6 is 0 Å². The first kappa shape index (κ1) is 14.5. The minimum Gasteiger partial charge on any atom is -0.358 e. The summed E-state index contributed by atoms with van der Waals surface area (Å²) in [5, 5.41) is 3.13. The fourth-order valence-corrected chi connectivity index (χ4v) is 2.08. The molecule has 0 amide bonds. The number of aliphatic imine (C=N–C) groups is 1. The predicted octanol–water partition coefficient (Wildman–Crippen LogP) is 3.21. The minimum atomic E-state index is -0.575. The van der Waals surface area contributed by atoms with Gasteiger partial charge in [-0.2, -0.15) is 0 Å². The summed E-state index contributed by atoms with van der Waals surface area (Å²) in [6.07, 6.45) is 3.75. The van der Waals surface area contributed by atoms with Crippen LogP contribution in [0, 0.1) is 11.6 Å². The lowest BCUT2D eigenvalue weighted by Gasteiger charge is -2.29. The van der Waals surface area contributed by atoms with Crippen molar-refractivity contribution < 1.29 is 8.78 Å². The summed E-state index contributed by atoms with van der Waals surface area (Å²) in [7, 11) is 0. The van der Waals surface area contributed by atoms with Gasteiger partial charge in [0.05, 0.1) is 12.7 Å². The van der Waals surface area contributed by atoms with E-state index < -0.39 is 17.7 Å². The monoisotopic (exact) mass is 279 g/mol. The van der Waals surface area contributed by atoms with Crippen molar-refractivity contribution in [3.8, 4) is 0 Å². The maximum Gasteiger partial charge on any atom is 0.131 e. The highest BCUT2D eigenvalue weighted by Gasteiger charge is 2.17. The quantitative estimate of drug-likeness (QED) is 0.920. The molecule has 5 heteroatoms. The van der Waals surface area contributed by atoms with Crippen molar-refractivity contribution in [1.82, 2.24) is 10.2 Å². The van der Waals surface area contributed by atoms with Crippen molar-refractivity contribution in [1.29, 1.82) is 0 Å². The fourth-order valence-electron chi connectivity index (χ4n) is 2.08. The van der Waals surface area contributed by atoms with Crippen LogP contribution < -0.4 is 5.32 Å². The van der Waals surface area contributed by atoms with Crippen LogP contribution in [0.5, 0.6) is 0 Å². The molecular formula is C15H19F2N3. The van der Waals surface area contributed by atoms with Crippen molar-refractivity contribution in [2.75, 3.05) is 6.67 Å². The molecule has 0 radical (unpaired) electrons. The van der Waals surface area contributed by atoms with Crippen LogP contribution in [0.4, 0.5) is 8.78 Å². The van der Waals surface area contributed by atoms with Gasteiger partial charge in [-0.3, -0.25) is 4.99 Å². The lowest BCUT2D eigenvalue weighted by molar-refractivity contribution is 0.300. The molecule has 20 heavy (non-hydrogen) atoms. The van der Waals surface area contributed by atoms with Gasteiger partial charge in [-0.25, -0.2) is 8.78 Å². The molecule has 1 N–H and O–H groups in total. The highest BCUT2D eigenvalue weighted by atomic mass is 19.1. The van der Waals surface area contributed by atoms with Crippen LogP contribution in [0.2, 0.25) is 0 Å². The van der Waals surface area contributed by atoms with Crippen LogP contribution in [0.25, 0.3) is 0 Å². The van der Waals surface area contributed by atoms with Crippen LogP contribution in [0.15, 0.2) is 35.5 Å². The molecule has 1 aromatic carbocycles. The van der Waals surface area contributed by atoms with E-state index in [2.05, 4.69) is 29.1 Å². The van der Waals surface area contributed by atoms with E-state index >= 15 is 0 Å². The maximum atomic E-state index is 13.7. The summed E-state index contributed by atoms with van der Waals surface area (Å²) in [5.74, 6) is -0.493. The summed E-state index contributed by atoms with van der Waals surface area (Å²) >= 11 is 0. The van der Waals surface area contributed by atoms with Gasteiger partial charge in [-0.1, -0.05) is 6.07 Å². The first-order chi connectivity index (χ1) is 9.49. The first-order valence-corrected chi connectivity index (χ1v) is 6.68. The van der Waals surface area contributed by atoms with E-state index in [0.717, 1.165) is 0 Å². The molecule has 2 rings (SSSR count). The molecule has 0 aromatic heterocycles. The molecule has 1 heterocycles. The standard InChI is InChI=1S/C15H19F2N3/c1-10(2)20-8-7-14(18-9-20)19-11(3)15-12(16)5-4-6-13(15)17/h4-8,10-11H,9H2,1-3H3,(H,18,19)/t11-/m0/s1. The van der Waals surface area contributed by atoms with Crippen LogP contribution in [0.1, 0.15) is 32.4 Å². The number of nitrogens with one attached hydrogen (secondary N) is 1. The molecule has 0 unspecified atom stereocenters. The number of hydrogen-bond acceptors (Lipinski definition) is 2. The summed E-state index contributed by atoms with van der Waals surface area (Å²) in [6, 6.07) is 3.67. The zero-order valence-electron chi connectivity index (χ0n) is 11.9. The Kier molecular flexibility index (Phi) is 4.37. The Labute approximate surface area is 118 Å². The van der Waals surface area contributed by atoms with E-state index in [1.165, 1.54) is 18.2 Å². The van der Waals surface area contributed by atoms with Crippen molar-refractivity contribution in [3.05, 3.63) is 47.7 Å². The van der Waals surface area contributed by atoms with Gasteiger partial charge >= 0.3 is 0 Å². The van der Waals surface area contributed by atoms with Gasteiger partial charge < -0.3 is 10.2 Å². The Morgan fingerprint density at radius 1 is 1.20 bits per heavy atom. The molecule has 1 aliphatic heterocycles. The molecule has 0 aliphatic carbocycles. The Morgan fingerprint density at radius 3 is 2.35 bits per heavy atom. The van der Waals surface area contributed by atoms with Gasteiger partial charge in [-0.15, -0.1) is 0 Å². The number of hydrogen-bond donors (Lipinski definition) is 1. The molecule has 0 fully saturated rings. The first-order valence-electron chi connectivity index (χ1n) is 6.68. The van der Waals surface area contributed by atoms with E-state index in [-0.39, 0.29) is 5.56 Å². The van der Waals surface area contributed by atoms with Crippen molar-refractivity contribution in [3.63, 3.8) is 0 Å². The van der Waals surface area contributed by atoms with E-state index in [9.17, 15) is 8.78 Å². The third-order valence-electron chi connectivity index (χ3n) is 3.28. The lowest BCUT2D eigenvalue weighted by atomic mass is 10.1. The highest BCUT2D eigenvalue weighted by molar-refractivity contribution is 5.93. The molecule has 1 aromatic rings. The molecular weight excluding hydrogens is 260 g/mol. The van der Waals surface area contributed by atoms with E-state index in [1.807, 2.05) is 12.3 Å². The van der Waals surface area contributed by atoms with Gasteiger partial charge in [0.15, 0.2) is 0 Å². The average molecular weight is 279 g/mol. The van der Waals surface area contributed by atoms with Crippen molar-refractivity contribution in [2.24, 2.45) is 4.99 Å². The lowest BCUT2D eigenvalue weighted by Crippen LogP contribution is -2.41. The number of halogens is 2. The summed E-state index contributed by atoms with van der Waals surface area (Å²) < 4.78 is 27.3. The van der Waals surface area contributed by atoms with Crippen molar-refractivity contribution >= 4 is 5.84 Å². The number of benzene rings is 1. The topological polar surface area (TPSA) is 27.6 Å². The molecule has 1 atom stereocenters. The second-order valence-corrected chi connectivity index (χ2v) is 5.08. The SMILES string of the molecule is CC(C)N1C=CC(=N[C@@H](C)c2c(F)cccc2F)NC1. The highest BCUT2D eigenvalue weighted by Crippen LogP contribution is 2.23. The van der Waals surface area contributed by atoms with Gasteiger partial charge in [-0.05, 0) is 39.0 Å². The van der Waals surface area contributed by atoms with Crippen LogP contribution in [0.3, 0.4) is 0 Å². The Morgan fingerprint density at radius 2 is 1.85 bits per heavy atom. The van der Waals surface area contributed by atoms with Crippen LogP contribution in [-0.2, 0) is 0 Å². The second-order valence-electron chi connectivity index (χ2n) is 5.08. The molecule has 0 bridgehead atoms. The maximum absolute atomic E-state index is 13.7. The second kappa shape index (κ2) is 6.03. The van der Waals surface area contributed by atoms with E-state index in [4.69, 9.17) is 0 Å². The Balaban J connectivity index is 2.18. The largest absolute Gasteiger partial charge is 0.358 e. The van der Waals surface area contributed by atoms with Gasteiger partial charge in [0.25, 0.3) is 0 Å². The smallest absolute Gasteiger partial charge is 0.131 e. The zero-order chi connectivity index (χ0) is 14.7. The Hall–Kier alpha value is -1.91. The van der Waals surface area contributed by atoms with Gasteiger partial charge in [0.1, 0.15) is 17.5 Å². The molecule has 0 spiro atoms. The molecule has 3 nitrogen and oxygen atoms in total. The molecule has 108 valence electrons. The average Bonchev–Trinajstić information content (AvgIpc) is 2.39. The van der Waals surface area contributed by atoms with Crippen molar-refractivity contribution in [2.45, 2.75) is 32.9 Å². The number of amidine groups is 1. The zero-order valence-corrected chi connectivity index (χ0v) is 11.9. The van der Waals surface area contributed by atoms with Gasteiger partial charge in [0, 0.05) is 17.8 Å². The van der Waals surface area contributed by atoms with E-state index in [0.29, 0.717) is 18.5 Å². The summed E-state index contributed by atoms with van der Waals surface area (Å²) in [4.78, 5) is 6.44.